The van der Waals surface area contributed by atoms with E-state index in [9.17, 15) is 14.4 Å². The van der Waals surface area contributed by atoms with Gasteiger partial charge < -0.3 is 4.90 Å². The Morgan fingerprint density at radius 2 is 1.62 bits per heavy atom. The van der Waals surface area contributed by atoms with Crippen LogP contribution in [0, 0.1) is 0 Å². The molecule has 0 spiro atoms. The summed E-state index contributed by atoms with van der Waals surface area (Å²) in [5.41, 5.74) is 1.96. The van der Waals surface area contributed by atoms with E-state index in [4.69, 9.17) is 23.2 Å². The van der Waals surface area contributed by atoms with Crippen molar-refractivity contribution in [3.8, 4) is 0 Å². The summed E-state index contributed by atoms with van der Waals surface area (Å²) < 4.78 is 0. The minimum absolute atomic E-state index is 0.0797. The van der Waals surface area contributed by atoms with Gasteiger partial charge in [0.2, 0.25) is 11.8 Å². The molecular weight excluding hydrogens is 449 g/mol. The quantitative estimate of drug-likeness (QED) is 0.506. The second-order valence-electron chi connectivity index (χ2n) is 7.45. The third kappa shape index (κ3) is 4.82. The Balaban J connectivity index is 1.62. The van der Waals surface area contributed by atoms with E-state index in [0.29, 0.717) is 15.7 Å². The van der Waals surface area contributed by atoms with E-state index in [2.05, 4.69) is 4.98 Å². The average Bonchev–Trinajstić information content (AvgIpc) is 3.08. The number of hydrogen-bond donors (Lipinski definition) is 0. The molecule has 0 aliphatic carbocycles. The third-order valence-corrected chi connectivity index (χ3v) is 5.75. The Kier molecular flexibility index (Phi) is 6.53. The molecule has 162 valence electrons. The lowest BCUT2D eigenvalue weighted by atomic mass is 10.1. The van der Waals surface area contributed by atoms with Crippen molar-refractivity contribution in [2.24, 2.45) is 0 Å². The van der Waals surface area contributed by atoms with Gasteiger partial charge in [0.25, 0.3) is 5.91 Å². The maximum absolute atomic E-state index is 13.3. The molecule has 6 nitrogen and oxygen atoms in total. The zero-order valence-corrected chi connectivity index (χ0v) is 18.5. The van der Waals surface area contributed by atoms with Gasteiger partial charge in [-0.1, -0.05) is 41.4 Å². The van der Waals surface area contributed by atoms with Gasteiger partial charge in [-0.15, -0.1) is 0 Å². The number of aromatic nitrogens is 1. The Morgan fingerprint density at radius 1 is 0.969 bits per heavy atom. The van der Waals surface area contributed by atoms with Crippen molar-refractivity contribution >= 4 is 46.6 Å². The van der Waals surface area contributed by atoms with Crippen LogP contribution in [0.15, 0.2) is 73.1 Å². The topological polar surface area (TPSA) is 70.6 Å². The first kappa shape index (κ1) is 22.0. The highest BCUT2D eigenvalue weighted by Crippen LogP contribution is 2.28. The van der Waals surface area contributed by atoms with Crippen LogP contribution in [-0.2, 0) is 27.3 Å². The van der Waals surface area contributed by atoms with Crippen molar-refractivity contribution in [1.82, 2.24) is 9.88 Å². The molecule has 2 aromatic carbocycles. The van der Waals surface area contributed by atoms with E-state index in [1.165, 1.54) is 4.90 Å². The first-order valence-electron chi connectivity index (χ1n) is 9.97. The predicted octanol–water partition coefficient (Wildman–Crippen LogP) is 4.29. The molecule has 0 saturated carbocycles. The SMILES string of the molecule is O=C1CC(N(Cc2cccnc2)C(=O)Cc2ccc(Cl)cc2)C(=O)N1c1ccc(Cl)cc1. The van der Waals surface area contributed by atoms with Gasteiger partial charge in [-0.25, -0.2) is 4.90 Å². The van der Waals surface area contributed by atoms with Crippen LogP contribution in [0.1, 0.15) is 17.5 Å². The molecule has 4 rings (SSSR count). The van der Waals surface area contributed by atoms with Crippen LogP contribution < -0.4 is 4.90 Å². The van der Waals surface area contributed by atoms with Crippen molar-refractivity contribution in [3.63, 3.8) is 0 Å². The van der Waals surface area contributed by atoms with Crippen molar-refractivity contribution in [1.29, 1.82) is 0 Å². The monoisotopic (exact) mass is 467 g/mol. The van der Waals surface area contributed by atoms with Gasteiger partial charge in [-0.2, -0.15) is 0 Å². The average molecular weight is 468 g/mol. The standard InChI is InChI=1S/C24H19Cl2N3O3/c25-18-5-3-16(4-6-18)12-22(30)28(15-17-2-1-11-27-14-17)21-13-23(31)29(24(21)32)20-9-7-19(26)8-10-20/h1-11,14,21H,12-13,15H2. The Hall–Kier alpha value is -3.22. The van der Waals surface area contributed by atoms with Gasteiger partial charge in [-0.3, -0.25) is 19.4 Å². The number of carbonyl (C=O) groups excluding carboxylic acids is 3. The van der Waals surface area contributed by atoms with E-state index >= 15 is 0 Å². The molecule has 3 amide bonds. The summed E-state index contributed by atoms with van der Waals surface area (Å²) in [5, 5.41) is 1.07. The second kappa shape index (κ2) is 9.51. The molecule has 1 aliphatic heterocycles. The van der Waals surface area contributed by atoms with Crippen LogP contribution in [0.2, 0.25) is 10.0 Å². The van der Waals surface area contributed by atoms with Crippen molar-refractivity contribution in [2.45, 2.75) is 25.4 Å². The zero-order chi connectivity index (χ0) is 22.7. The minimum Gasteiger partial charge on any atom is -0.325 e. The molecule has 1 atom stereocenters. The summed E-state index contributed by atoms with van der Waals surface area (Å²) in [6.45, 7) is 0.165. The highest BCUT2D eigenvalue weighted by Gasteiger charge is 2.44. The number of pyridine rings is 1. The lowest BCUT2D eigenvalue weighted by Crippen LogP contribution is -2.45. The molecule has 1 unspecified atom stereocenters. The first-order valence-corrected chi connectivity index (χ1v) is 10.7. The number of rotatable bonds is 6. The number of nitrogens with zero attached hydrogens (tertiary/aromatic N) is 3. The summed E-state index contributed by atoms with van der Waals surface area (Å²) in [7, 11) is 0. The fourth-order valence-electron chi connectivity index (χ4n) is 3.66. The third-order valence-electron chi connectivity index (χ3n) is 5.25. The molecular formula is C24H19Cl2N3O3. The minimum atomic E-state index is -0.904. The summed E-state index contributed by atoms with van der Waals surface area (Å²) in [6.07, 6.45) is 3.26. The number of anilines is 1. The number of halogens is 2. The van der Waals surface area contributed by atoms with Crippen LogP contribution in [0.4, 0.5) is 5.69 Å². The summed E-state index contributed by atoms with van der Waals surface area (Å²) in [4.78, 5) is 46.0. The Labute approximate surface area is 195 Å². The molecule has 8 heteroatoms. The molecule has 0 radical (unpaired) electrons. The second-order valence-corrected chi connectivity index (χ2v) is 8.32. The maximum Gasteiger partial charge on any atom is 0.257 e. The van der Waals surface area contributed by atoms with Crippen LogP contribution >= 0.6 is 23.2 Å². The van der Waals surface area contributed by atoms with Gasteiger partial charge in [0.15, 0.2) is 0 Å². The molecule has 0 bridgehead atoms. The van der Waals surface area contributed by atoms with E-state index in [-0.39, 0.29) is 31.2 Å². The van der Waals surface area contributed by atoms with E-state index in [1.807, 2.05) is 6.07 Å². The van der Waals surface area contributed by atoms with Crippen molar-refractivity contribution < 1.29 is 14.4 Å². The van der Waals surface area contributed by atoms with Gasteiger partial charge >= 0.3 is 0 Å². The molecule has 1 fully saturated rings. The first-order chi connectivity index (χ1) is 15.4. The van der Waals surface area contributed by atoms with E-state index in [0.717, 1.165) is 16.0 Å². The molecule has 1 aromatic heterocycles. The van der Waals surface area contributed by atoms with Gasteiger partial charge in [0.05, 0.1) is 18.5 Å². The normalized spacial score (nSPS) is 15.8. The van der Waals surface area contributed by atoms with E-state index < -0.39 is 11.9 Å². The fraction of sp³-hybridized carbons (Fsp3) is 0.167. The van der Waals surface area contributed by atoms with Crippen LogP contribution in [0.3, 0.4) is 0 Å². The highest BCUT2D eigenvalue weighted by atomic mass is 35.5. The van der Waals surface area contributed by atoms with E-state index in [1.54, 1.807) is 67.0 Å². The maximum atomic E-state index is 13.3. The number of hydrogen-bond acceptors (Lipinski definition) is 4. The largest absolute Gasteiger partial charge is 0.325 e. The smallest absolute Gasteiger partial charge is 0.257 e. The molecule has 3 aromatic rings. The summed E-state index contributed by atoms with van der Waals surface area (Å²) in [6, 6.07) is 16.1. The number of imide groups is 1. The lowest BCUT2D eigenvalue weighted by Gasteiger charge is -2.28. The zero-order valence-electron chi connectivity index (χ0n) is 16.9. The predicted molar refractivity (Wildman–Crippen MR) is 122 cm³/mol. The van der Waals surface area contributed by atoms with Gasteiger partial charge in [-0.05, 0) is 53.6 Å². The summed E-state index contributed by atoms with van der Waals surface area (Å²) in [5.74, 6) is -1.07. The van der Waals surface area contributed by atoms with Crippen molar-refractivity contribution in [2.75, 3.05) is 4.90 Å². The van der Waals surface area contributed by atoms with Crippen LogP contribution in [0.5, 0.6) is 0 Å². The molecule has 1 saturated heterocycles. The highest BCUT2D eigenvalue weighted by molar-refractivity contribution is 6.31. The van der Waals surface area contributed by atoms with Crippen LogP contribution in [-0.4, -0.2) is 33.6 Å². The lowest BCUT2D eigenvalue weighted by molar-refractivity contribution is -0.138. The number of amides is 3. The van der Waals surface area contributed by atoms with Crippen molar-refractivity contribution in [3.05, 3.63) is 94.2 Å². The molecule has 0 N–H and O–H groups in total. The molecule has 1 aliphatic rings. The molecule has 2 heterocycles. The van der Waals surface area contributed by atoms with Gasteiger partial charge in [0, 0.05) is 29.0 Å². The Bertz CT molecular complexity index is 1140. The van der Waals surface area contributed by atoms with Gasteiger partial charge in [0.1, 0.15) is 6.04 Å². The Morgan fingerprint density at radius 3 is 2.25 bits per heavy atom. The summed E-state index contributed by atoms with van der Waals surface area (Å²) >= 11 is 11.9. The number of benzene rings is 2. The fourth-order valence-corrected chi connectivity index (χ4v) is 3.91. The number of carbonyl (C=O) groups is 3. The van der Waals surface area contributed by atoms with Crippen LogP contribution in [0.25, 0.3) is 0 Å². The molecule has 32 heavy (non-hydrogen) atoms.